The second-order valence-corrected chi connectivity index (χ2v) is 5.09. The van der Waals surface area contributed by atoms with Gasteiger partial charge in [-0.25, -0.2) is 4.79 Å². The smallest absolute Gasteiger partial charge is 0.326 e. The maximum absolute atomic E-state index is 12.2. The number of likely N-dealkylation sites (N-methyl/N-ethyl adjacent to an activating group) is 1. The Balaban J connectivity index is 2.26. The third-order valence-electron chi connectivity index (χ3n) is 3.31. The van der Waals surface area contributed by atoms with Crippen molar-refractivity contribution in [3.63, 3.8) is 0 Å². The number of amides is 1. The van der Waals surface area contributed by atoms with Crippen molar-refractivity contribution in [3.8, 4) is 0 Å². The molecule has 0 aliphatic carbocycles. The Hall–Kier alpha value is -1.88. The number of hydrogen-bond donors (Lipinski definition) is 1. The van der Waals surface area contributed by atoms with Gasteiger partial charge in [0, 0.05) is 13.0 Å². The SMILES string of the molecule is CN(C)CC(=O)N1Cc2ccccc2CC1C(=O)O. The van der Waals surface area contributed by atoms with E-state index in [0.29, 0.717) is 13.0 Å². The lowest BCUT2D eigenvalue weighted by atomic mass is 9.94. The topological polar surface area (TPSA) is 60.9 Å². The Morgan fingerprint density at radius 1 is 1.32 bits per heavy atom. The molecule has 1 aliphatic rings. The standard InChI is InChI=1S/C14H18N2O3/c1-15(2)9-13(17)16-8-11-6-4-3-5-10(11)7-12(16)14(18)19/h3-6,12H,7-9H2,1-2H3,(H,18,19). The molecule has 1 aromatic carbocycles. The van der Waals surface area contributed by atoms with E-state index in [1.54, 1.807) is 19.0 Å². The number of aliphatic carboxylic acids is 1. The Morgan fingerprint density at radius 2 is 1.95 bits per heavy atom. The van der Waals surface area contributed by atoms with Crippen molar-refractivity contribution in [1.29, 1.82) is 0 Å². The molecule has 19 heavy (non-hydrogen) atoms. The second-order valence-electron chi connectivity index (χ2n) is 5.09. The van der Waals surface area contributed by atoms with Gasteiger partial charge in [-0.1, -0.05) is 24.3 Å². The van der Waals surface area contributed by atoms with E-state index in [1.807, 2.05) is 24.3 Å². The van der Waals surface area contributed by atoms with E-state index in [9.17, 15) is 14.7 Å². The molecule has 1 atom stereocenters. The van der Waals surface area contributed by atoms with Gasteiger partial charge in [-0.15, -0.1) is 0 Å². The molecule has 0 radical (unpaired) electrons. The van der Waals surface area contributed by atoms with Gasteiger partial charge < -0.3 is 14.9 Å². The van der Waals surface area contributed by atoms with Crippen molar-refractivity contribution in [1.82, 2.24) is 9.80 Å². The van der Waals surface area contributed by atoms with E-state index in [4.69, 9.17) is 0 Å². The lowest BCUT2D eigenvalue weighted by Crippen LogP contribution is -2.50. The summed E-state index contributed by atoms with van der Waals surface area (Å²) in [7, 11) is 3.59. The summed E-state index contributed by atoms with van der Waals surface area (Å²) in [5.74, 6) is -1.09. The third kappa shape index (κ3) is 2.93. The number of fused-ring (bicyclic) bond motifs is 1. The molecule has 1 aromatic rings. The molecule has 0 saturated heterocycles. The Morgan fingerprint density at radius 3 is 2.53 bits per heavy atom. The van der Waals surface area contributed by atoms with Crippen molar-refractivity contribution in [2.45, 2.75) is 19.0 Å². The van der Waals surface area contributed by atoms with Gasteiger partial charge in [0.15, 0.2) is 0 Å². The van der Waals surface area contributed by atoms with Gasteiger partial charge in [-0.05, 0) is 25.2 Å². The van der Waals surface area contributed by atoms with Crippen LogP contribution in [0.2, 0.25) is 0 Å². The minimum Gasteiger partial charge on any atom is -0.480 e. The number of rotatable bonds is 3. The first-order valence-electron chi connectivity index (χ1n) is 6.23. The quantitative estimate of drug-likeness (QED) is 0.866. The van der Waals surface area contributed by atoms with E-state index in [-0.39, 0.29) is 12.5 Å². The number of carbonyl (C=O) groups excluding carboxylic acids is 1. The fourth-order valence-corrected chi connectivity index (χ4v) is 2.37. The lowest BCUT2D eigenvalue weighted by Gasteiger charge is -2.35. The van der Waals surface area contributed by atoms with Crippen LogP contribution in [0.5, 0.6) is 0 Å². The van der Waals surface area contributed by atoms with E-state index < -0.39 is 12.0 Å². The number of hydrogen-bond acceptors (Lipinski definition) is 3. The van der Waals surface area contributed by atoms with Crippen LogP contribution in [0.25, 0.3) is 0 Å². The van der Waals surface area contributed by atoms with E-state index in [0.717, 1.165) is 11.1 Å². The normalized spacial score (nSPS) is 18.3. The average molecular weight is 262 g/mol. The summed E-state index contributed by atoms with van der Waals surface area (Å²) in [4.78, 5) is 26.7. The molecule has 0 aromatic heterocycles. The molecule has 5 heteroatoms. The van der Waals surface area contributed by atoms with Gasteiger partial charge in [0.2, 0.25) is 5.91 Å². The zero-order chi connectivity index (χ0) is 14.0. The minimum atomic E-state index is -0.943. The van der Waals surface area contributed by atoms with Crippen LogP contribution in [-0.2, 0) is 22.6 Å². The van der Waals surface area contributed by atoms with Crippen molar-refractivity contribution < 1.29 is 14.7 Å². The highest BCUT2D eigenvalue weighted by atomic mass is 16.4. The number of carbonyl (C=O) groups is 2. The molecular formula is C14H18N2O3. The summed E-state index contributed by atoms with van der Waals surface area (Å²) in [6.45, 7) is 0.603. The maximum atomic E-state index is 12.2. The van der Waals surface area contributed by atoms with Crippen molar-refractivity contribution >= 4 is 11.9 Å². The fourth-order valence-electron chi connectivity index (χ4n) is 2.37. The van der Waals surface area contributed by atoms with Crippen molar-refractivity contribution in [2.75, 3.05) is 20.6 Å². The molecule has 0 spiro atoms. The van der Waals surface area contributed by atoms with Gasteiger partial charge in [-0.2, -0.15) is 0 Å². The molecular weight excluding hydrogens is 244 g/mol. The molecule has 1 heterocycles. The molecule has 0 saturated carbocycles. The van der Waals surface area contributed by atoms with E-state index >= 15 is 0 Å². The van der Waals surface area contributed by atoms with Gasteiger partial charge in [0.05, 0.1) is 6.54 Å². The summed E-state index contributed by atoms with van der Waals surface area (Å²) in [6, 6.07) is 6.92. The lowest BCUT2D eigenvalue weighted by molar-refractivity contribution is -0.151. The predicted octanol–water partition coefficient (Wildman–Crippen LogP) is 0.586. The van der Waals surface area contributed by atoms with Crippen LogP contribution < -0.4 is 0 Å². The van der Waals surface area contributed by atoms with Crippen LogP contribution in [0.4, 0.5) is 0 Å². The monoisotopic (exact) mass is 262 g/mol. The highest BCUT2D eigenvalue weighted by Crippen LogP contribution is 2.23. The number of carboxylic acids is 1. The van der Waals surface area contributed by atoms with Crippen LogP contribution in [0.1, 0.15) is 11.1 Å². The minimum absolute atomic E-state index is 0.146. The molecule has 1 N–H and O–H groups in total. The zero-order valence-electron chi connectivity index (χ0n) is 11.2. The molecule has 2 rings (SSSR count). The predicted molar refractivity (Wildman–Crippen MR) is 70.7 cm³/mol. The van der Waals surface area contributed by atoms with Crippen LogP contribution in [-0.4, -0.2) is 53.5 Å². The summed E-state index contributed by atoms with van der Waals surface area (Å²) >= 11 is 0. The molecule has 1 amide bonds. The van der Waals surface area contributed by atoms with E-state index in [2.05, 4.69) is 0 Å². The van der Waals surface area contributed by atoms with Crippen LogP contribution >= 0.6 is 0 Å². The first kappa shape index (κ1) is 13.5. The molecule has 5 nitrogen and oxygen atoms in total. The Kier molecular flexibility index (Phi) is 3.85. The van der Waals surface area contributed by atoms with Gasteiger partial charge >= 0.3 is 5.97 Å². The number of nitrogens with zero attached hydrogens (tertiary/aromatic N) is 2. The van der Waals surface area contributed by atoms with Crippen LogP contribution in [0.3, 0.4) is 0 Å². The fraction of sp³-hybridized carbons (Fsp3) is 0.429. The third-order valence-corrected chi connectivity index (χ3v) is 3.31. The zero-order valence-corrected chi connectivity index (χ0v) is 11.2. The van der Waals surface area contributed by atoms with Gasteiger partial charge in [0.1, 0.15) is 6.04 Å². The van der Waals surface area contributed by atoms with E-state index in [1.165, 1.54) is 4.90 Å². The van der Waals surface area contributed by atoms with Gasteiger partial charge in [-0.3, -0.25) is 4.79 Å². The molecule has 1 aliphatic heterocycles. The van der Waals surface area contributed by atoms with Crippen LogP contribution in [0.15, 0.2) is 24.3 Å². The first-order valence-corrected chi connectivity index (χ1v) is 6.23. The molecule has 0 fully saturated rings. The molecule has 102 valence electrons. The average Bonchev–Trinajstić information content (AvgIpc) is 2.36. The van der Waals surface area contributed by atoms with Crippen molar-refractivity contribution in [2.24, 2.45) is 0 Å². The summed E-state index contributed by atoms with van der Waals surface area (Å²) < 4.78 is 0. The largest absolute Gasteiger partial charge is 0.480 e. The Bertz CT molecular complexity index is 499. The first-order chi connectivity index (χ1) is 8.99. The summed E-state index contributed by atoms with van der Waals surface area (Å²) in [6.07, 6.45) is 0.380. The molecule has 0 bridgehead atoms. The second kappa shape index (κ2) is 5.40. The number of benzene rings is 1. The van der Waals surface area contributed by atoms with Crippen molar-refractivity contribution in [3.05, 3.63) is 35.4 Å². The van der Waals surface area contributed by atoms with Crippen LogP contribution in [0, 0.1) is 0 Å². The summed E-state index contributed by atoms with van der Waals surface area (Å²) in [5.41, 5.74) is 2.05. The number of carboxylic acid groups (broad SMARTS) is 1. The molecule has 1 unspecified atom stereocenters. The highest BCUT2D eigenvalue weighted by molar-refractivity contribution is 5.85. The maximum Gasteiger partial charge on any atom is 0.326 e. The highest BCUT2D eigenvalue weighted by Gasteiger charge is 2.34. The Labute approximate surface area is 112 Å². The summed E-state index contributed by atoms with van der Waals surface area (Å²) in [5, 5.41) is 9.31. The van der Waals surface area contributed by atoms with Gasteiger partial charge in [0.25, 0.3) is 0 Å².